The Labute approximate surface area is 184 Å². The summed E-state index contributed by atoms with van der Waals surface area (Å²) in [6, 6.07) is 17.9. The summed E-state index contributed by atoms with van der Waals surface area (Å²) in [5.41, 5.74) is 3.92. The first-order valence-corrected chi connectivity index (χ1v) is 9.81. The molecule has 31 heavy (non-hydrogen) atoms. The highest BCUT2D eigenvalue weighted by atomic mass is 35.5. The number of halogens is 1. The fourth-order valence-corrected chi connectivity index (χ4v) is 2.95. The highest BCUT2D eigenvalue weighted by molar-refractivity contribution is 6.34. The van der Waals surface area contributed by atoms with Crippen LogP contribution in [0, 0.1) is 0 Å². The van der Waals surface area contributed by atoms with Crippen LogP contribution in [0.25, 0.3) is 0 Å². The number of aromatic hydroxyl groups is 1. The molecule has 0 aliphatic carbocycles. The summed E-state index contributed by atoms with van der Waals surface area (Å²) in [5.74, 6) is -0.589. The highest BCUT2D eigenvalue weighted by Gasteiger charge is 2.15. The lowest BCUT2D eigenvalue weighted by Gasteiger charge is -2.10. The van der Waals surface area contributed by atoms with Crippen LogP contribution < -0.4 is 15.5 Å². The lowest BCUT2D eigenvalue weighted by atomic mass is 10.1. The Kier molecular flexibility index (Phi) is 7.24. The summed E-state index contributed by atoms with van der Waals surface area (Å²) in [6.45, 7) is 2.21. The van der Waals surface area contributed by atoms with Crippen LogP contribution in [-0.2, 0) is 0 Å². The van der Waals surface area contributed by atoms with Crippen molar-refractivity contribution in [2.75, 3.05) is 11.9 Å². The Bertz CT molecular complexity index is 1130. The van der Waals surface area contributed by atoms with E-state index in [1.165, 1.54) is 12.3 Å². The molecular weight excluding hydrogens is 418 g/mol. The number of phenolic OH excluding ortho intramolecular Hbond substituents is 1. The SMILES string of the molecule is CCOc1cc(/C=N\NC(=O)c2ccccc2NC(=O)c2ccccc2Cl)ccc1O. The number of hydrogen-bond donors (Lipinski definition) is 3. The predicted octanol–water partition coefficient (Wildman–Crippen LogP) is 4.46. The lowest BCUT2D eigenvalue weighted by molar-refractivity contribution is 0.0956. The summed E-state index contributed by atoms with van der Waals surface area (Å²) in [4.78, 5) is 25.1. The van der Waals surface area contributed by atoms with Gasteiger partial charge in [0, 0.05) is 0 Å². The van der Waals surface area contributed by atoms with Crippen molar-refractivity contribution in [3.63, 3.8) is 0 Å². The standard InChI is InChI=1S/C23H20ClN3O4/c1-2-31-21-13-15(11-12-20(21)28)14-25-27-23(30)17-8-4-6-10-19(17)26-22(29)16-7-3-5-9-18(16)24/h3-14,28H,2H2,1H3,(H,26,29)(H,27,30)/b25-14-. The molecule has 7 nitrogen and oxygen atoms in total. The van der Waals surface area contributed by atoms with Gasteiger partial charge in [0.1, 0.15) is 0 Å². The third-order valence-corrected chi connectivity index (χ3v) is 4.53. The van der Waals surface area contributed by atoms with Crippen molar-refractivity contribution in [3.05, 3.63) is 88.4 Å². The number of benzene rings is 3. The maximum absolute atomic E-state index is 12.6. The van der Waals surface area contributed by atoms with E-state index in [1.54, 1.807) is 60.7 Å². The zero-order chi connectivity index (χ0) is 22.2. The third kappa shape index (κ3) is 5.61. The molecular formula is C23H20ClN3O4. The van der Waals surface area contributed by atoms with Crippen molar-refractivity contribution in [2.45, 2.75) is 6.92 Å². The summed E-state index contributed by atoms with van der Waals surface area (Å²) < 4.78 is 5.32. The van der Waals surface area contributed by atoms with Crippen LogP contribution in [0.2, 0.25) is 5.02 Å². The molecule has 2 amide bonds. The molecule has 8 heteroatoms. The van der Waals surface area contributed by atoms with E-state index in [-0.39, 0.29) is 11.3 Å². The smallest absolute Gasteiger partial charge is 0.273 e. The van der Waals surface area contributed by atoms with Gasteiger partial charge in [0.15, 0.2) is 11.5 Å². The average Bonchev–Trinajstić information content (AvgIpc) is 2.76. The summed E-state index contributed by atoms with van der Waals surface area (Å²) in [6.07, 6.45) is 1.42. The molecule has 0 unspecified atom stereocenters. The van der Waals surface area contributed by atoms with Gasteiger partial charge in [-0.25, -0.2) is 5.43 Å². The normalized spacial score (nSPS) is 10.6. The molecule has 0 saturated carbocycles. The molecule has 3 N–H and O–H groups in total. The molecule has 3 aromatic rings. The number of para-hydroxylation sites is 1. The molecule has 0 aromatic heterocycles. The molecule has 0 aliphatic heterocycles. The fraction of sp³-hybridized carbons (Fsp3) is 0.0870. The fourth-order valence-electron chi connectivity index (χ4n) is 2.73. The minimum atomic E-state index is -0.505. The lowest BCUT2D eigenvalue weighted by Crippen LogP contribution is -2.21. The monoisotopic (exact) mass is 437 g/mol. The quantitative estimate of drug-likeness (QED) is 0.375. The number of carbonyl (C=O) groups is 2. The number of hydrogen-bond acceptors (Lipinski definition) is 5. The largest absolute Gasteiger partial charge is 0.504 e. The second kappa shape index (κ2) is 10.3. The molecule has 0 bridgehead atoms. The van der Waals surface area contributed by atoms with Crippen LogP contribution in [0.1, 0.15) is 33.2 Å². The van der Waals surface area contributed by atoms with Gasteiger partial charge >= 0.3 is 0 Å². The Morgan fingerprint density at radius 2 is 1.74 bits per heavy atom. The zero-order valence-corrected chi connectivity index (χ0v) is 17.4. The van der Waals surface area contributed by atoms with Gasteiger partial charge in [-0.1, -0.05) is 35.9 Å². The minimum absolute atomic E-state index is 0.0197. The minimum Gasteiger partial charge on any atom is -0.504 e. The van der Waals surface area contributed by atoms with E-state index in [4.69, 9.17) is 16.3 Å². The van der Waals surface area contributed by atoms with E-state index in [1.807, 2.05) is 6.92 Å². The number of nitrogens with zero attached hydrogens (tertiary/aromatic N) is 1. The van der Waals surface area contributed by atoms with Crippen molar-refractivity contribution >= 4 is 35.3 Å². The highest BCUT2D eigenvalue weighted by Crippen LogP contribution is 2.26. The first kappa shape index (κ1) is 21.9. The van der Waals surface area contributed by atoms with Gasteiger partial charge in [-0.15, -0.1) is 0 Å². The maximum Gasteiger partial charge on any atom is 0.273 e. The number of nitrogens with one attached hydrogen (secondary N) is 2. The number of phenols is 1. The van der Waals surface area contributed by atoms with Crippen molar-refractivity contribution in [2.24, 2.45) is 5.10 Å². The van der Waals surface area contributed by atoms with E-state index in [0.29, 0.717) is 34.2 Å². The van der Waals surface area contributed by atoms with Gasteiger partial charge in [0.05, 0.1) is 34.7 Å². The van der Waals surface area contributed by atoms with Crippen LogP contribution in [0.4, 0.5) is 5.69 Å². The predicted molar refractivity (Wildman–Crippen MR) is 120 cm³/mol. The molecule has 0 atom stereocenters. The summed E-state index contributed by atoms with van der Waals surface area (Å²) in [7, 11) is 0. The molecule has 3 aromatic carbocycles. The Morgan fingerprint density at radius 3 is 2.48 bits per heavy atom. The number of ether oxygens (including phenoxy) is 1. The molecule has 0 radical (unpaired) electrons. The van der Waals surface area contributed by atoms with Crippen LogP contribution in [0.5, 0.6) is 11.5 Å². The maximum atomic E-state index is 12.6. The second-order valence-electron chi connectivity index (χ2n) is 6.34. The van der Waals surface area contributed by atoms with Gasteiger partial charge < -0.3 is 15.2 Å². The number of carbonyl (C=O) groups excluding carboxylic acids is 2. The summed E-state index contributed by atoms with van der Waals surface area (Å²) in [5, 5.41) is 16.7. The topological polar surface area (TPSA) is 100 Å². The first-order valence-electron chi connectivity index (χ1n) is 9.43. The van der Waals surface area contributed by atoms with Crippen LogP contribution >= 0.6 is 11.6 Å². The van der Waals surface area contributed by atoms with E-state index in [9.17, 15) is 14.7 Å². The van der Waals surface area contributed by atoms with Crippen LogP contribution in [-0.4, -0.2) is 29.7 Å². The van der Waals surface area contributed by atoms with Gasteiger partial charge in [-0.2, -0.15) is 5.10 Å². The number of rotatable bonds is 7. The van der Waals surface area contributed by atoms with Gasteiger partial charge in [-0.3, -0.25) is 9.59 Å². The number of amides is 2. The molecule has 0 aliphatic rings. The summed E-state index contributed by atoms with van der Waals surface area (Å²) >= 11 is 6.07. The molecule has 158 valence electrons. The number of anilines is 1. The van der Waals surface area contributed by atoms with Crippen molar-refractivity contribution in [3.8, 4) is 11.5 Å². The van der Waals surface area contributed by atoms with Crippen molar-refractivity contribution in [1.29, 1.82) is 0 Å². The van der Waals surface area contributed by atoms with Gasteiger partial charge in [0.2, 0.25) is 0 Å². The van der Waals surface area contributed by atoms with E-state index < -0.39 is 11.8 Å². The Hall–Kier alpha value is -3.84. The Balaban J connectivity index is 1.72. The molecule has 0 spiro atoms. The molecule has 0 fully saturated rings. The average molecular weight is 438 g/mol. The molecule has 0 heterocycles. The van der Waals surface area contributed by atoms with Crippen LogP contribution in [0.3, 0.4) is 0 Å². The molecule has 0 saturated heterocycles. The number of hydrazone groups is 1. The van der Waals surface area contributed by atoms with Gasteiger partial charge in [-0.05, 0) is 55.0 Å². The van der Waals surface area contributed by atoms with Gasteiger partial charge in [0.25, 0.3) is 11.8 Å². The third-order valence-electron chi connectivity index (χ3n) is 4.20. The van der Waals surface area contributed by atoms with E-state index in [2.05, 4.69) is 15.8 Å². The Morgan fingerprint density at radius 1 is 1.03 bits per heavy atom. The van der Waals surface area contributed by atoms with E-state index in [0.717, 1.165) is 0 Å². The zero-order valence-electron chi connectivity index (χ0n) is 16.6. The second-order valence-corrected chi connectivity index (χ2v) is 6.75. The van der Waals surface area contributed by atoms with Crippen molar-refractivity contribution in [1.82, 2.24) is 5.43 Å². The van der Waals surface area contributed by atoms with Crippen molar-refractivity contribution < 1.29 is 19.4 Å². The van der Waals surface area contributed by atoms with E-state index >= 15 is 0 Å². The first-order chi connectivity index (χ1) is 15.0. The molecule has 3 rings (SSSR count). The van der Waals surface area contributed by atoms with Crippen LogP contribution in [0.15, 0.2) is 71.8 Å².